The van der Waals surface area contributed by atoms with Gasteiger partial charge in [-0.05, 0) is 104 Å². The van der Waals surface area contributed by atoms with Crippen molar-refractivity contribution in [2.24, 2.45) is 0 Å². The molecule has 2 N–H and O–H groups in total. The standard InChI is InChI=1S/C19H23N3O3S.C18H21N3O4S/c23-19(11-6-16-5-4-12-20-15-16)21-17-7-9-18(10-8-17)26(24,25)22-13-2-1-3-14-22;22-18(14-25-16-5-4-10-19-13-16)20-15-6-8-17(9-7-15)26(23,24)21-11-2-1-3-12-21/h4-5,7-10,12,15H,1-3,6,11,13-14H2,(H,21,23);4-10,13H,1-3,11-12,14H2,(H,20,22). The quantitative estimate of drug-likeness (QED) is 0.200. The predicted octanol–water partition coefficient (Wildman–Crippen LogP) is 5.10. The van der Waals surface area contributed by atoms with Crippen molar-refractivity contribution in [3.05, 3.63) is 103 Å². The van der Waals surface area contributed by atoms with Crippen LogP contribution in [0.4, 0.5) is 11.4 Å². The Kier molecular flexibility index (Phi) is 13.8. The van der Waals surface area contributed by atoms with Gasteiger partial charge in [-0.1, -0.05) is 18.9 Å². The van der Waals surface area contributed by atoms with E-state index in [1.165, 1.54) is 26.9 Å². The highest BCUT2D eigenvalue weighted by Crippen LogP contribution is 2.23. The number of sulfonamides is 2. The SMILES string of the molecule is O=C(CCc1cccnc1)Nc1ccc(S(=O)(=O)N2CCCCC2)cc1.O=C(COc1cccnc1)Nc1ccc(S(=O)(=O)N2CCCCC2)cc1. The monoisotopic (exact) mass is 748 g/mol. The van der Waals surface area contributed by atoms with E-state index in [2.05, 4.69) is 20.6 Å². The second-order valence-electron chi connectivity index (χ2n) is 12.4. The number of piperidine rings is 2. The van der Waals surface area contributed by atoms with Gasteiger partial charge in [-0.25, -0.2) is 16.8 Å². The smallest absolute Gasteiger partial charge is 0.262 e. The number of nitrogens with zero attached hydrogens (tertiary/aromatic N) is 4. The molecule has 2 fully saturated rings. The zero-order valence-corrected chi connectivity index (χ0v) is 30.5. The topological polar surface area (TPSA) is 168 Å². The van der Waals surface area contributed by atoms with Gasteiger partial charge in [0, 0.05) is 62.6 Å². The summed E-state index contributed by atoms with van der Waals surface area (Å²) in [5.41, 5.74) is 2.12. The Labute approximate surface area is 305 Å². The summed E-state index contributed by atoms with van der Waals surface area (Å²) in [7, 11) is -6.90. The lowest BCUT2D eigenvalue weighted by atomic mass is 10.1. The molecule has 52 heavy (non-hydrogen) atoms. The van der Waals surface area contributed by atoms with Crippen LogP contribution in [0.2, 0.25) is 0 Å². The van der Waals surface area contributed by atoms with Gasteiger partial charge in [-0.2, -0.15) is 8.61 Å². The van der Waals surface area contributed by atoms with E-state index in [1.54, 1.807) is 67.1 Å². The predicted molar refractivity (Wildman–Crippen MR) is 198 cm³/mol. The van der Waals surface area contributed by atoms with E-state index in [1.807, 2.05) is 12.1 Å². The van der Waals surface area contributed by atoms with Gasteiger partial charge in [-0.3, -0.25) is 19.6 Å². The number of nitrogens with one attached hydrogen (secondary N) is 2. The number of rotatable bonds is 12. The van der Waals surface area contributed by atoms with Crippen LogP contribution in [-0.4, -0.2) is 80.0 Å². The lowest BCUT2D eigenvalue weighted by Crippen LogP contribution is -2.35. The lowest BCUT2D eigenvalue weighted by Gasteiger charge is -2.25. The fourth-order valence-corrected chi connectivity index (χ4v) is 8.77. The average molecular weight is 749 g/mol. The molecule has 0 atom stereocenters. The second kappa shape index (κ2) is 18.7. The zero-order chi connectivity index (χ0) is 36.8. The molecule has 0 radical (unpaired) electrons. The van der Waals surface area contributed by atoms with E-state index in [-0.39, 0.29) is 28.2 Å². The first-order valence-corrected chi connectivity index (χ1v) is 20.2. The normalized spacial score (nSPS) is 15.5. The van der Waals surface area contributed by atoms with Gasteiger partial charge >= 0.3 is 0 Å². The minimum atomic E-state index is -3.46. The molecule has 4 aromatic rings. The summed E-state index contributed by atoms with van der Waals surface area (Å²) >= 11 is 0. The van der Waals surface area contributed by atoms with Crippen LogP contribution in [0.3, 0.4) is 0 Å². The molecule has 15 heteroatoms. The first-order valence-electron chi connectivity index (χ1n) is 17.3. The van der Waals surface area contributed by atoms with Gasteiger partial charge in [0.2, 0.25) is 26.0 Å². The third-order valence-electron chi connectivity index (χ3n) is 8.55. The Hall–Kier alpha value is -4.70. The molecule has 2 aromatic carbocycles. The Morgan fingerprint density at radius 3 is 1.56 bits per heavy atom. The van der Waals surface area contributed by atoms with Crippen molar-refractivity contribution < 1.29 is 31.2 Å². The molecule has 2 saturated heterocycles. The Balaban J connectivity index is 0.000000201. The van der Waals surface area contributed by atoms with Crippen molar-refractivity contribution in [2.45, 2.75) is 61.2 Å². The van der Waals surface area contributed by atoms with Crippen molar-refractivity contribution in [1.82, 2.24) is 18.6 Å². The molecule has 0 aliphatic carbocycles. The van der Waals surface area contributed by atoms with Crippen LogP contribution in [0.25, 0.3) is 0 Å². The van der Waals surface area contributed by atoms with Crippen LogP contribution < -0.4 is 15.4 Å². The van der Waals surface area contributed by atoms with Crippen LogP contribution in [-0.2, 0) is 36.1 Å². The summed E-state index contributed by atoms with van der Waals surface area (Å²) in [5.74, 6) is 0.0617. The molecule has 2 aliphatic rings. The highest BCUT2D eigenvalue weighted by atomic mass is 32.2. The Morgan fingerprint density at radius 2 is 1.10 bits per heavy atom. The van der Waals surface area contributed by atoms with Crippen LogP contribution in [0.1, 0.15) is 50.5 Å². The van der Waals surface area contributed by atoms with Crippen LogP contribution in [0.15, 0.2) is 107 Å². The summed E-state index contributed by atoms with van der Waals surface area (Å²) in [6.45, 7) is 2.13. The molecular formula is C37H44N6O7S2. The number of aryl methyl sites for hydroxylation is 1. The van der Waals surface area contributed by atoms with E-state index in [0.29, 0.717) is 56.1 Å². The van der Waals surface area contributed by atoms with E-state index in [0.717, 1.165) is 44.1 Å². The maximum atomic E-state index is 12.6. The van der Waals surface area contributed by atoms with Crippen molar-refractivity contribution in [1.29, 1.82) is 0 Å². The van der Waals surface area contributed by atoms with Gasteiger partial charge in [0.15, 0.2) is 6.61 Å². The van der Waals surface area contributed by atoms with Gasteiger partial charge in [-0.15, -0.1) is 0 Å². The number of aromatic nitrogens is 2. The molecule has 2 amide bonds. The molecule has 0 saturated carbocycles. The molecule has 4 heterocycles. The van der Waals surface area contributed by atoms with Crippen molar-refractivity contribution >= 4 is 43.2 Å². The highest BCUT2D eigenvalue weighted by Gasteiger charge is 2.27. The number of benzene rings is 2. The zero-order valence-electron chi connectivity index (χ0n) is 28.9. The minimum Gasteiger partial charge on any atom is -0.482 e. The Morgan fingerprint density at radius 1 is 0.615 bits per heavy atom. The number of carbonyl (C=O) groups is 2. The molecule has 276 valence electrons. The van der Waals surface area contributed by atoms with Crippen molar-refractivity contribution in [3.8, 4) is 5.75 Å². The average Bonchev–Trinajstić information content (AvgIpc) is 3.18. The van der Waals surface area contributed by atoms with E-state index in [4.69, 9.17) is 4.74 Å². The molecule has 2 aliphatic heterocycles. The van der Waals surface area contributed by atoms with E-state index in [9.17, 15) is 26.4 Å². The molecule has 0 spiro atoms. The van der Waals surface area contributed by atoms with Gasteiger partial charge < -0.3 is 15.4 Å². The molecule has 13 nitrogen and oxygen atoms in total. The van der Waals surface area contributed by atoms with E-state index < -0.39 is 20.0 Å². The number of carbonyl (C=O) groups excluding carboxylic acids is 2. The first-order chi connectivity index (χ1) is 25.1. The maximum Gasteiger partial charge on any atom is 0.262 e. The van der Waals surface area contributed by atoms with Crippen molar-refractivity contribution in [3.63, 3.8) is 0 Å². The fourth-order valence-electron chi connectivity index (χ4n) is 5.73. The van der Waals surface area contributed by atoms with Crippen LogP contribution in [0, 0.1) is 0 Å². The highest BCUT2D eigenvalue weighted by molar-refractivity contribution is 7.89. The van der Waals surface area contributed by atoms with Gasteiger partial charge in [0.1, 0.15) is 5.75 Å². The lowest BCUT2D eigenvalue weighted by molar-refractivity contribution is -0.118. The molecule has 2 aromatic heterocycles. The summed E-state index contributed by atoms with van der Waals surface area (Å²) in [4.78, 5) is 32.4. The second-order valence-corrected chi connectivity index (χ2v) is 16.3. The van der Waals surface area contributed by atoms with Crippen LogP contribution in [0.5, 0.6) is 5.75 Å². The number of amides is 2. The number of pyridine rings is 2. The number of hydrogen-bond donors (Lipinski definition) is 2. The molecule has 6 rings (SSSR count). The maximum absolute atomic E-state index is 12.6. The molecule has 0 bridgehead atoms. The number of anilines is 2. The van der Waals surface area contributed by atoms with Gasteiger partial charge in [0.25, 0.3) is 5.91 Å². The van der Waals surface area contributed by atoms with Crippen LogP contribution >= 0.6 is 0 Å². The third-order valence-corrected chi connectivity index (χ3v) is 12.4. The summed E-state index contributed by atoms with van der Waals surface area (Å²) in [6.07, 6.45) is 13.3. The summed E-state index contributed by atoms with van der Waals surface area (Å²) in [5, 5.41) is 5.48. The first kappa shape index (κ1) is 38.5. The van der Waals surface area contributed by atoms with Crippen molar-refractivity contribution in [2.75, 3.05) is 43.4 Å². The molecule has 0 unspecified atom stereocenters. The fraction of sp³-hybridized carbons (Fsp3) is 0.351. The largest absolute Gasteiger partial charge is 0.482 e. The summed E-state index contributed by atoms with van der Waals surface area (Å²) in [6, 6.07) is 19.8. The Bertz CT molecular complexity index is 1810. The molecular weight excluding hydrogens is 705 g/mol. The number of ether oxygens (including phenoxy) is 1. The summed E-state index contributed by atoms with van der Waals surface area (Å²) < 4.78 is 58.8. The van der Waals surface area contributed by atoms with E-state index >= 15 is 0 Å². The van der Waals surface area contributed by atoms with Gasteiger partial charge in [0.05, 0.1) is 16.0 Å². The number of hydrogen-bond acceptors (Lipinski definition) is 9. The third kappa shape index (κ3) is 11.1. The minimum absolute atomic E-state index is 0.111.